The topological polar surface area (TPSA) is 147 Å². The van der Waals surface area contributed by atoms with Crippen LogP contribution in [0.5, 0.6) is 5.75 Å². The van der Waals surface area contributed by atoms with Gasteiger partial charge >= 0.3 is 0 Å². The van der Waals surface area contributed by atoms with Crippen LogP contribution in [0.2, 0.25) is 0 Å². The number of methoxy groups -OCH3 is 1. The largest absolute Gasteiger partial charge is 0.494 e. The second kappa shape index (κ2) is 10.6. The summed E-state index contributed by atoms with van der Waals surface area (Å²) in [5.74, 6) is 1.81. The SMILES string of the molecule is COc1cc(C(=O)N2CC3CCC2[C@@H]3N)cc2nc(-c3cc4ccc(-c5ccc6nc(C(N)=O)ccc6c5)nc4n3CC3CC3)n(C)c12. The van der Waals surface area contributed by atoms with E-state index in [9.17, 15) is 9.59 Å². The minimum absolute atomic E-state index is 0.0117. The number of carbonyl (C=O) groups excluding carboxylic acids is 2. The van der Waals surface area contributed by atoms with Crippen molar-refractivity contribution < 1.29 is 14.3 Å². The van der Waals surface area contributed by atoms with Gasteiger partial charge in [0.05, 0.1) is 29.5 Å². The predicted molar refractivity (Wildman–Crippen MR) is 183 cm³/mol. The molecule has 0 radical (unpaired) electrons. The Morgan fingerprint density at radius 1 is 0.917 bits per heavy atom. The van der Waals surface area contributed by atoms with Crippen molar-refractivity contribution in [2.45, 2.75) is 44.3 Å². The van der Waals surface area contributed by atoms with E-state index in [0.29, 0.717) is 40.7 Å². The molecule has 6 aromatic rings. The van der Waals surface area contributed by atoms with Crippen LogP contribution < -0.4 is 16.2 Å². The Balaban J connectivity index is 1.13. The summed E-state index contributed by atoms with van der Waals surface area (Å²) >= 11 is 0. The lowest BCUT2D eigenvalue weighted by Crippen LogP contribution is -2.41. The first kappa shape index (κ1) is 28.9. The first-order valence-electron chi connectivity index (χ1n) is 16.6. The molecule has 2 unspecified atom stereocenters. The van der Waals surface area contributed by atoms with Crippen LogP contribution in [-0.4, -0.2) is 66.5 Å². The molecule has 2 saturated carbocycles. The molecule has 48 heavy (non-hydrogen) atoms. The highest BCUT2D eigenvalue weighted by Crippen LogP contribution is 2.40. The highest BCUT2D eigenvalue weighted by atomic mass is 16.5. The van der Waals surface area contributed by atoms with Crippen LogP contribution in [0.4, 0.5) is 0 Å². The van der Waals surface area contributed by atoms with E-state index < -0.39 is 5.91 Å². The fourth-order valence-corrected chi connectivity index (χ4v) is 7.91. The number of ether oxygens (including phenoxy) is 1. The van der Waals surface area contributed by atoms with E-state index in [-0.39, 0.29) is 23.7 Å². The van der Waals surface area contributed by atoms with Gasteiger partial charge in [0.25, 0.3) is 11.8 Å². The zero-order chi connectivity index (χ0) is 32.8. The number of amides is 2. The maximum Gasteiger partial charge on any atom is 0.267 e. The average Bonchev–Trinajstić information content (AvgIpc) is 3.50. The molecule has 0 spiro atoms. The molecule has 3 aliphatic rings. The molecule has 4 aromatic heterocycles. The Hall–Kier alpha value is -5.29. The first-order chi connectivity index (χ1) is 23.3. The highest BCUT2D eigenvalue weighted by molar-refractivity contribution is 6.01. The Kier molecular flexibility index (Phi) is 6.39. The number of likely N-dealkylation sites (tertiary alicyclic amines) is 1. The number of hydrogen-bond donors (Lipinski definition) is 2. The lowest BCUT2D eigenvalue weighted by molar-refractivity contribution is 0.0700. The van der Waals surface area contributed by atoms with E-state index in [1.807, 2.05) is 54.4 Å². The van der Waals surface area contributed by atoms with Crippen molar-refractivity contribution in [3.05, 3.63) is 71.9 Å². The summed E-state index contributed by atoms with van der Waals surface area (Å²) in [7, 11) is 3.64. The van der Waals surface area contributed by atoms with Gasteiger partial charge in [0, 0.05) is 54.1 Å². The molecule has 9 rings (SSSR count). The zero-order valence-electron chi connectivity index (χ0n) is 26.9. The summed E-state index contributed by atoms with van der Waals surface area (Å²) in [5, 5.41) is 1.93. The standard InChI is InChI=1S/C37H36N8O3/c1-43-33-28(14-24(16-31(33)48-2)37(47)45-18-23-8-12-29(45)32(23)38)42-36(43)30-15-22-7-10-26(41-35(22)44(30)17-19-3-4-19)21-5-9-25-20(13-21)6-11-27(40-25)34(39)46/h5-7,9-11,13-16,19,23,29,32H,3-4,8,12,17-18,38H2,1-2H3,(H2,39,46)/t23?,29?,32-/m1/s1. The fraction of sp³-hybridized carbons (Fsp3) is 0.324. The second-order valence-corrected chi connectivity index (χ2v) is 13.6. The number of nitrogens with two attached hydrogens (primary N) is 2. The molecule has 11 heteroatoms. The average molecular weight is 641 g/mol. The van der Waals surface area contributed by atoms with Crippen LogP contribution in [0.1, 0.15) is 46.5 Å². The third-order valence-electron chi connectivity index (χ3n) is 10.7. The maximum absolute atomic E-state index is 13.8. The molecule has 4 N–H and O–H groups in total. The van der Waals surface area contributed by atoms with E-state index in [4.69, 9.17) is 26.2 Å². The van der Waals surface area contributed by atoms with Crippen molar-refractivity contribution in [2.24, 2.45) is 30.4 Å². The monoisotopic (exact) mass is 640 g/mol. The van der Waals surface area contributed by atoms with Gasteiger partial charge in [-0.05, 0) is 86.1 Å². The molecule has 2 aromatic carbocycles. The fourth-order valence-electron chi connectivity index (χ4n) is 7.91. The van der Waals surface area contributed by atoms with E-state index in [2.05, 4.69) is 26.3 Å². The van der Waals surface area contributed by atoms with Crippen molar-refractivity contribution in [3.63, 3.8) is 0 Å². The number of hydrogen-bond acceptors (Lipinski definition) is 7. The zero-order valence-corrected chi connectivity index (χ0v) is 26.9. The van der Waals surface area contributed by atoms with Gasteiger partial charge in [-0.15, -0.1) is 0 Å². The van der Waals surface area contributed by atoms with Crippen LogP contribution >= 0.6 is 0 Å². The first-order valence-corrected chi connectivity index (χ1v) is 16.6. The van der Waals surface area contributed by atoms with Crippen molar-refractivity contribution in [1.82, 2.24) is 29.0 Å². The molecule has 1 saturated heterocycles. The number of pyridine rings is 2. The van der Waals surface area contributed by atoms with E-state index >= 15 is 0 Å². The van der Waals surface area contributed by atoms with Gasteiger partial charge in [0.15, 0.2) is 5.82 Å². The van der Waals surface area contributed by atoms with Crippen molar-refractivity contribution >= 4 is 44.8 Å². The molecule has 2 bridgehead atoms. The molecule has 1 aliphatic heterocycles. The lowest BCUT2D eigenvalue weighted by atomic mass is 10.1. The number of aryl methyl sites for hydroxylation is 1. The number of benzene rings is 2. The van der Waals surface area contributed by atoms with Gasteiger partial charge in [-0.3, -0.25) is 9.59 Å². The number of primary amides is 1. The highest BCUT2D eigenvalue weighted by Gasteiger charge is 2.47. The third kappa shape index (κ3) is 4.48. The number of piperidine rings is 1. The van der Waals surface area contributed by atoms with Crippen molar-refractivity contribution in [1.29, 1.82) is 0 Å². The van der Waals surface area contributed by atoms with Gasteiger partial charge < -0.3 is 30.2 Å². The third-order valence-corrected chi connectivity index (χ3v) is 10.7. The summed E-state index contributed by atoms with van der Waals surface area (Å²) in [5.41, 5.74) is 18.6. The van der Waals surface area contributed by atoms with Gasteiger partial charge in [-0.2, -0.15) is 0 Å². The number of carbonyl (C=O) groups is 2. The Morgan fingerprint density at radius 2 is 1.75 bits per heavy atom. The molecular weight excluding hydrogens is 604 g/mol. The number of rotatable bonds is 7. The van der Waals surface area contributed by atoms with Crippen LogP contribution in [0.25, 0.3) is 55.7 Å². The van der Waals surface area contributed by atoms with Gasteiger partial charge in [0.2, 0.25) is 0 Å². The van der Waals surface area contributed by atoms with E-state index in [1.165, 1.54) is 12.8 Å². The molecule has 5 heterocycles. The number of aromatic nitrogens is 5. The van der Waals surface area contributed by atoms with Crippen molar-refractivity contribution in [2.75, 3.05) is 13.7 Å². The van der Waals surface area contributed by atoms with Gasteiger partial charge in [0.1, 0.15) is 22.6 Å². The van der Waals surface area contributed by atoms with Crippen LogP contribution in [-0.2, 0) is 13.6 Å². The quantitative estimate of drug-likeness (QED) is 0.253. The minimum atomic E-state index is -0.549. The summed E-state index contributed by atoms with van der Waals surface area (Å²) < 4.78 is 10.2. The van der Waals surface area contributed by atoms with Gasteiger partial charge in [-0.25, -0.2) is 15.0 Å². The molecule has 2 amide bonds. The minimum Gasteiger partial charge on any atom is -0.494 e. The Labute approximate surface area is 276 Å². The number of imidazole rings is 1. The molecule has 2 aliphatic carbocycles. The molecule has 242 valence electrons. The molecule has 3 atom stereocenters. The second-order valence-electron chi connectivity index (χ2n) is 13.6. The predicted octanol–water partition coefficient (Wildman–Crippen LogP) is 4.88. The number of nitrogens with zero attached hydrogens (tertiary/aromatic N) is 6. The van der Waals surface area contributed by atoms with Crippen LogP contribution in [0.3, 0.4) is 0 Å². The van der Waals surface area contributed by atoms with E-state index in [1.54, 1.807) is 13.2 Å². The summed E-state index contributed by atoms with van der Waals surface area (Å²) in [6.07, 6.45) is 4.43. The molecule has 3 fully saturated rings. The molecule has 11 nitrogen and oxygen atoms in total. The Morgan fingerprint density at radius 3 is 2.48 bits per heavy atom. The van der Waals surface area contributed by atoms with E-state index in [0.717, 1.165) is 64.1 Å². The number of fused-ring (bicyclic) bond motifs is 5. The smallest absolute Gasteiger partial charge is 0.267 e. The normalized spacial score (nSPS) is 20.4. The summed E-state index contributed by atoms with van der Waals surface area (Å²) in [4.78, 5) is 42.1. The van der Waals surface area contributed by atoms with Crippen LogP contribution in [0.15, 0.2) is 60.7 Å². The molecular formula is C37H36N8O3. The summed E-state index contributed by atoms with van der Waals surface area (Å²) in [6.45, 7) is 1.55. The summed E-state index contributed by atoms with van der Waals surface area (Å²) in [6, 6.07) is 19.6. The van der Waals surface area contributed by atoms with Gasteiger partial charge in [-0.1, -0.05) is 12.1 Å². The maximum atomic E-state index is 13.8. The van der Waals surface area contributed by atoms with Crippen LogP contribution in [0, 0.1) is 11.8 Å². The van der Waals surface area contributed by atoms with Crippen molar-refractivity contribution in [3.8, 4) is 28.5 Å². The lowest BCUT2D eigenvalue weighted by Gasteiger charge is -2.27. The Bertz CT molecular complexity index is 2320.